The second kappa shape index (κ2) is 7.12. The van der Waals surface area contributed by atoms with Crippen molar-refractivity contribution in [3.63, 3.8) is 0 Å². The monoisotopic (exact) mass is 307 g/mol. The van der Waals surface area contributed by atoms with Crippen molar-refractivity contribution in [2.75, 3.05) is 32.8 Å². The van der Waals surface area contributed by atoms with E-state index in [4.69, 9.17) is 10.2 Å². The van der Waals surface area contributed by atoms with E-state index >= 15 is 0 Å². The van der Waals surface area contributed by atoms with Gasteiger partial charge < -0.3 is 10.2 Å². The molecule has 0 radical (unpaired) electrons. The number of hydrazine groups is 1. The first-order valence-corrected chi connectivity index (χ1v) is 6.81. The summed E-state index contributed by atoms with van der Waals surface area (Å²) in [6.45, 7) is 0.305. The molecule has 0 aliphatic carbocycles. The number of fused-ring (bicyclic) bond motifs is 1. The maximum atomic E-state index is 12.1. The molecule has 0 unspecified atom stereocenters. The fraction of sp³-hybridized carbons (Fsp3) is 0.357. The Morgan fingerprint density at radius 1 is 1.14 bits per heavy atom. The number of amides is 2. The van der Waals surface area contributed by atoms with Crippen LogP contribution in [0.1, 0.15) is 20.7 Å². The topological polar surface area (TPSA) is 110 Å². The summed E-state index contributed by atoms with van der Waals surface area (Å²) in [5.41, 5.74) is 3.40. The second-order valence-electron chi connectivity index (χ2n) is 4.79. The summed E-state index contributed by atoms with van der Waals surface area (Å²) in [5.74, 6) is -1.85. The molecule has 3 N–H and O–H groups in total. The van der Waals surface area contributed by atoms with Crippen LogP contribution in [0.15, 0.2) is 24.3 Å². The van der Waals surface area contributed by atoms with Crippen LogP contribution >= 0.6 is 0 Å². The highest BCUT2D eigenvalue weighted by molar-refractivity contribution is 6.20. The van der Waals surface area contributed by atoms with Crippen molar-refractivity contribution in [2.45, 2.75) is 0 Å². The van der Waals surface area contributed by atoms with Crippen LogP contribution in [0.3, 0.4) is 0 Å². The molecule has 0 saturated heterocycles. The van der Waals surface area contributed by atoms with Crippen molar-refractivity contribution in [1.82, 2.24) is 15.3 Å². The third-order valence-electron chi connectivity index (χ3n) is 3.27. The predicted molar refractivity (Wildman–Crippen MR) is 76.1 cm³/mol. The fourth-order valence-electron chi connectivity index (χ4n) is 2.26. The Morgan fingerprint density at radius 3 is 2.23 bits per heavy atom. The molecule has 0 spiro atoms. The minimum atomic E-state index is -1.01. The maximum Gasteiger partial charge on any atom is 0.317 e. The highest BCUT2D eigenvalue weighted by atomic mass is 16.4. The molecule has 0 saturated carbocycles. The lowest BCUT2D eigenvalue weighted by Crippen LogP contribution is -2.46. The van der Waals surface area contributed by atoms with E-state index in [1.165, 1.54) is 4.90 Å². The molecule has 8 nitrogen and oxygen atoms in total. The summed E-state index contributed by atoms with van der Waals surface area (Å²) in [7, 11) is 0. The van der Waals surface area contributed by atoms with E-state index in [2.05, 4.69) is 5.43 Å². The van der Waals surface area contributed by atoms with Crippen molar-refractivity contribution < 1.29 is 24.6 Å². The molecule has 118 valence electrons. The predicted octanol–water partition coefficient (Wildman–Crippen LogP) is -0.834. The van der Waals surface area contributed by atoms with Crippen molar-refractivity contribution in [3.8, 4) is 0 Å². The molecular weight excluding hydrogens is 290 g/mol. The van der Waals surface area contributed by atoms with Crippen LogP contribution in [0.2, 0.25) is 0 Å². The Labute approximate surface area is 126 Å². The third kappa shape index (κ3) is 3.48. The van der Waals surface area contributed by atoms with E-state index in [-0.39, 0.29) is 32.8 Å². The van der Waals surface area contributed by atoms with E-state index in [1.54, 1.807) is 24.3 Å². The zero-order valence-corrected chi connectivity index (χ0v) is 11.9. The standard InChI is InChI=1S/C14H17N3O5/c18-8-7-16(9-12(19)20)6-5-15-17-13(21)10-3-1-2-4-11(10)14(17)22/h1-4,15,18H,5-9H2,(H,19,20). The number of carboxylic acids is 1. The summed E-state index contributed by atoms with van der Waals surface area (Å²) < 4.78 is 0. The normalized spacial score (nSPS) is 13.8. The number of aliphatic carboxylic acids is 1. The van der Waals surface area contributed by atoms with E-state index in [0.29, 0.717) is 11.1 Å². The largest absolute Gasteiger partial charge is 0.480 e. The zero-order chi connectivity index (χ0) is 16.1. The molecule has 2 amide bonds. The summed E-state index contributed by atoms with van der Waals surface area (Å²) in [4.78, 5) is 36.4. The SMILES string of the molecule is O=C(O)CN(CCO)CCNN1C(=O)c2ccccc2C1=O. The number of hydrogen-bond acceptors (Lipinski definition) is 6. The van der Waals surface area contributed by atoms with Gasteiger partial charge in [0, 0.05) is 19.6 Å². The minimum Gasteiger partial charge on any atom is -0.480 e. The summed E-state index contributed by atoms with van der Waals surface area (Å²) in [6.07, 6.45) is 0. The summed E-state index contributed by atoms with van der Waals surface area (Å²) in [6, 6.07) is 6.53. The molecule has 1 aliphatic heterocycles. The Balaban J connectivity index is 1.91. The molecule has 1 aliphatic rings. The van der Waals surface area contributed by atoms with Gasteiger partial charge in [-0.2, -0.15) is 0 Å². The number of imide groups is 1. The smallest absolute Gasteiger partial charge is 0.317 e. The quantitative estimate of drug-likeness (QED) is 0.537. The van der Waals surface area contributed by atoms with Gasteiger partial charge in [0.2, 0.25) is 0 Å². The van der Waals surface area contributed by atoms with Crippen LogP contribution in [0, 0.1) is 0 Å². The van der Waals surface area contributed by atoms with E-state index < -0.39 is 17.8 Å². The first-order valence-electron chi connectivity index (χ1n) is 6.81. The lowest BCUT2D eigenvalue weighted by molar-refractivity contribution is -0.138. The third-order valence-corrected chi connectivity index (χ3v) is 3.27. The number of carbonyl (C=O) groups is 3. The van der Waals surface area contributed by atoms with Crippen molar-refractivity contribution in [3.05, 3.63) is 35.4 Å². The zero-order valence-electron chi connectivity index (χ0n) is 11.9. The van der Waals surface area contributed by atoms with Gasteiger partial charge in [-0.1, -0.05) is 12.1 Å². The molecule has 1 aromatic rings. The van der Waals surface area contributed by atoms with E-state index in [9.17, 15) is 14.4 Å². The Kier molecular flexibility index (Phi) is 5.21. The molecule has 0 atom stereocenters. The lowest BCUT2D eigenvalue weighted by atomic mass is 10.1. The van der Waals surface area contributed by atoms with Gasteiger partial charge in [-0.15, -0.1) is 0 Å². The highest BCUT2D eigenvalue weighted by Crippen LogP contribution is 2.20. The average Bonchev–Trinajstić information content (AvgIpc) is 2.72. The van der Waals surface area contributed by atoms with Gasteiger partial charge in [-0.3, -0.25) is 19.3 Å². The number of nitrogens with one attached hydrogen (secondary N) is 1. The van der Waals surface area contributed by atoms with Gasteiger partial charge in [0.15, 0.2) is 0 Å². The van der Waals surface area contributed by atoms with Crippen LogP contribution in [0.5, 0.6) is 0 Å². The number of carbonyl (C=O) groups excluding carboxylic acids is 2. The number of hydrogen-bond donors (Lipinski definition) is 3. The Bertz CT molecular complexity index is 555. The van der Waals surface area contributed by atoms with Gasteiger partial charge in [0.1, 0.15) is 0 Å². The molecule has 0 bridgehead atoms. The van der Waals surface area contributed by atoms with Gasteiger partial charge >= 0.3 is 5.97 Å². The first-order chi connectivity index (χ1) is 10.5. The summed E-state index contributed by atoms with van der Waals surface area (Å²) >= 11 is 0. The fourth-order valence-corrected chi connectivity index (χ4v) is 2.26. The number of benzene rings is 1. The number of aliphatic hydroxyl groups is 1. The van der Waals surface area contributed by atoms with Gasteiger partial charge in [0.05, 0.1) is 24.3 Å². The van der Waals surface area contributed by atoms with Gasteiger partial charge in [0.25, 0.3) is 11.8 Å². The molecule has 2 rings (SSSR count). The first kappa shape index (κ1) is 16.1. The van der Waals surface area contributed by atoms with Crippen LogP contribution in [0.4, 0.5) is 0 Å². The Hall–Kier alpha value is -2.29. The van der Waals surface area contributed by atoms with E-state index in [0.717, 1.165) is 5.01 Å². The minimum absolute atomic E-state index is 0.166. The number of carboxylic acid groups (broad SMARTS) is 1. The van der Waals surface area contributed by atoms with Crippen LogP contribution in [-0.2, 0) is 4.79 Å². The average molecular weight is 307 g/mol. The molecular formula is C14H17N3O5. The molecule has 0 aromatic heterocycles. The van der Waals surface area contributed by atoms with Crippen LogP contribution < -0.4 is 5.43 Å². The molecule has 1 heterocycles. The lowest BCUT2D eigenvalue weighted by Gasteiger charge is -2.21. The number of nitrogens with zero attached hydrogens (tertiary/aromatic N) is 2. The molecule has 8 heteroatoms. The molecule has 0 fully saturated rings. The van der Waals surface area contributed by atoms with Gasteiger partial charge in [-0.05, 0) is 12.1 Å². The van der Waals surface area contributed by atoms with Crippen molar-refractivity contribution in [2.24, 2.45) is 0 Å². The number of aliphatic hydroxyl groups excluding tert-OH is 1. The summed E-state index contributed by atoms with van der Waals surface area (Å²) in [5, 5.41) is 18.6. The molecule has 1 aromatic carbocycles. The molecule has 22 heavy (non-hydrogen) atoms. The van der Waals surface area contributed by atoms with Crippen LogP contribution in [-0.4, -0.2) is 70.7 Å². The highest BCUT2D eigenvalue weighted by Gasteiger charge is 2.35. The van der Waals surface area contributed by atoms with Crippen LogP contribution in [0.25, 0.3) is 0 Å². The van der Waals surface area contributed by atoms with Crippen molar-refractivity contribution >= 4 is 17.8 Å². The Morgan fingerprint density at radius 2 is 1.73 bits per heavy atom. The second-order valence-corrected chi connectivity index (χ2v) is 4.79. The van der Waals surface area contributed by atoms with Gasteiger partial charge in [-0.25, -0.2) is 10.4 Å². The maximum absolute atomic E-state index is 12.1. The van der Waals surface area contributed by atoms with Crippen molar-refractivity contribution in [1.29, 1.82) is 0 Å². The number of rotatable bonds is 8. The van der Waals surface area contributed by atoms with E-state index in [1.807, 2.05) is 0 Å².